The van der Waals surface area contributed by atoms with Gasteiger partial charge in [0, 0.05) is 15.8 Å². The average molecular weight is 375 g/mol. The Labute approximate surface area is 155 Å². The fourth-order valence-electron chi connectivity index (χ4n) is 3.77. The number of quaternary nitrogens is 1. The Kier molecular flexibility index (Phi) is 5.01. The predicted molar refractivity (Wildman–Crippen MR) is 106 cm³/mol. The minimum atomic E-state index is 0.00273. The highest BCUT2D eigenvalue weighted by Gasteiger charge is 2.24. The first-order chi connectivity index (χ1) is 12.2. The number of nitrogens with zero attached hydrogens (tertiary/aromatic N) is 1. The number of H-pyrrole nitrogens is 1. The molecule has 1 atom stereocenters. The van der Waals surface area contributed by atoms with E-state index in [-0.39, 0.29) is 11.6 Å². The van der Waals surface area contributed by atoms with E-state index < -0.39 is 0 Å². The first kappa shape index (κ1) is 16.9. The fourth-order valence-corrected chi connectivity index (χ4v) is 5.54. The second-order valence-electron chi connectivity index (χ2n) is 6.91. The van der Waals surface area contributed by atoms with Gasteiger partial charge in [-0.2, -0.15) is 0 Å². The summed E-state index contributed by atoms with van der Waals surface area (Å²) in [5.41, 5.74) is 1.02. The van der Waals surface area contributed by atoms with Gasteiger partial charge >= 0.3 is 0 Å². The van der Waals surface area contributed by atoms with Crippen molar-refractivity contribution < 1.29 is 4.90 Å². The first-order valence-corrected chi connectivity index (χ1v) is 10.9. The Morgan fingerprint density at radius 2 is 1.92 bits per heavy atom. The van der Waals surface area contributed by atoms with Gasteiger partial charge in [0.05, 0.1) is 18.5 Å². The molecule has 0 aliphatic carbocycles. The maximum Gasteiger partial charge on any atom is 0.260 e. The Balaban J connectivity index is 1.68. The van der Waals surface area contributed by atoms with Gasteiger partial charge < -0.3 is 9.88 Å². The van der Waals surface area contributed by atoms with Crippen LogP contribution in [0.15, 0.2) is 27.7 Å². The molecule has 6 heteroatoms. The number of hydrogen-bond acceptors (Lipinski definition) is 4. The molecule has 3 aromatic heterocycles. The van der Waals surface area contributed by atoms with Crippen LogP contribution in [0.3, 0.4) is 0 Å². The number of nitrogens with one attached hydrogen (secondary N) is 2. The smallest absolute Gasteiger partial charge is 0.260 e. The summed E-state index contributed by atoms with van der Waals surface area (Å²) in [6, 6.07) is 4.32. The van der Waals surface area contributed by atoms with Crippen LogP contribution in [0.1, 0.15) is 50.9 Å². The third kappa shape index (κ3) is 3.43. The van der Waals surface area contributed by atoms with Gasteiger partial charge in [-0.15, -0.1) is 22.7 Å². The molecule has 4 heterocycles. The molecule has 1 saturated heterocycles. The summed E-state index contributed by atoms with van der Waals surface area (Å²) < 4.78 is 0. The Bertz CT molecular complexity index is 889. The largest absolute Gasteiger partial charge is 0.326 e. The van der Waals surface area contributed by atoms with E-state index in [2.05, 4.69) is 23.4 Å². The minimum absolute atomic E-state index is 0.00273. The van der Waals surface area contributed by atoms with Gasteiger partial charge in [0.15, 0.2) is 5.82 Å². The summed E-state index contributed by atoms with van der Waals surface area (Å²) in [5, 5.41) is 4.85. The predicted octanol–water partition coefficient (Wildman–Crippen LogP) is 3.62. The zero-order valence-electron chi connectivity index (χ0n) is 14.5. The van der Waals surface area contributed by atoms with Crippen LogP contribution in [0, 0.1) is 0 Å². The van der Waals surface area contributed by atoms with Gasteiger partial charge in [0.1, 0.15) is 10.9 Å². The van der Waals surface area contributed by atoms with Crippen molar-refractivity contribution in [3.8, 4) is 10.4 Å². The monoisotopic (exact) mass is 374 g/mol. The summed E-state index contributed by atoms with van der Waals surface area (Å²) in [5.74, 6) is 0.840. The number of likely N-dealkylation sites (tertiary alicyclic amines) is 1. The van der Waals surface area contributed by atoms with Crippen molar-refractivity contribution in [2.45, 2.75) is 45.1 Å². The van der Waals surface area contributed by atoms with E-state index >= 15 is 0 Å². The molecule has 0 radical (unpaired) electrons. The number of rotatable bonds is 3. The number of fused-ring (bicyclic) bond motifs is 1. The molecular weight excluding hydrogens is 350 g/mol. The molecule has 0 amide bonds. The number of thiophene rings is 2. The first-order valence-electron chi connectivity index (χ1n) is 9.14. The lowest BCUT2D eigenvalue weighted by Gasteiger charge is -2.27. The van der Waals surface area contributed by atoms with E-state index in [9.17, 15) is 4.79 Å². The SMILES string of the molecule is C[C@H](c1nc2scc(-c3cccs3)c2c(=O)[nH]1)[NH+]1CCCCCCC1. The highest BCUT2D eigenvalue weighted by molar-refractivity contribution is 7.18. The Morgan fingerprint density at radius 1 is 1.16 bits per heavy atom. The lowest BCUT2D eigenvalue weighted by molar-refractivity contribution is -0.931. The molecule has 0 bridgehead atoms. The van der Waals surface area contributed by atoms with Crippen LogP contribution in [0.2, 0.25) is 0 Å². The van der Waals surface area contributed by atoms with Gasteiger partial charge in [-0.25, -0.2) is 4.98 Å². The van der Waals surface area contributed by atoms with Crippen molar-refractivity contribution in [1.29, 1.82) is 0 Å². The zero-order valence-corrected chi connectivity index (χ0v) is 16.1. The van der Waals surface area contributed by atoms with Crippen LogP contribution in [0.25, 0.3) is 20.7 Å². The third-order valence-corrected chi connectivity index (χ3v) is 7.04. The van der Waals surface area contributed by atoms with Crippen molar-refractivity contribution in [2.24, 2.45) is 0 Å². The maximum absolute atomic E-state index is 12.8. The lowest BCUT2D eigenvalue weighted by atomic mass is 10.1. The summed E-state index contributed by atoms with van der Waals surface area (Å²) in [6.45, 7) is 4.55. The normalized spacial score (nSPS) is 18.1. The van der Waals surface area contributed by atoms with E-state index in [4.69, 9.17) is 4.98 Å². The molecule has 25 heavy (non-hydrogen) atoms. The van der Waals surface area contributed by atoms with E-state index in [1.54, 1.807) is 27.6 Å². The molecule has 132 valence electrons. The van der Waals surface area contributed by atoms with Crippen LogP contribution in [0.5, 0.6) is 0 Å². The van der Waals surface area contributed by atoms with Gasteiger partial charge in [0.25, 0.3) is 5.56 Å². The van der Waals surface area contributed by atoms with Crippen molar-refractivity contribution in [2.75, 3.05) is 13.1 Å². The maximum atomic E-state index is 12.8. The van der Waals surface area contributed by atoms with E-state index in [1.165, 1.54) is 45.2 Å². The quantitative estimate of drug-likeness (QED) is 0.736. The lowest BCUT2D eigenvalue weighted by Crippen LogP contribution is -3.12. The summed E-state index contributed by atoms with van der Waals surface area (Å²) in [6.07, 6.45) is 6.56. The van der Waals surface area contributed by atoms with E-state index in [1.807, 2.05) is 11.4 Å². The van der Waals surface area contributed by atoms with E-state index in [0.29, 0.717) is 0 Å². The molecule has 3 aromatic rings. The molecule has 4 nitrogen and oxygen atoms in total. The molecule has 1 fully saturated rings. The van der Waals surface area contributed by atoms with Crippen LogP contribution in [0.4, 0.5) is 0 Å². The third-order valence-electron chi connectivity index (χ3n) is 5.27. The molecule has 4 rings (SSSR count). The van der Waals surface area contributed by atoms with Crippen molar-refractivity contribution in [1.82, 2.24) is 9.97 Å². The summed E-state index contributed by atoms with van der Waals surface area (Å²) in [4.78, 5) is 24.3. The summed E-state index contributed by atoms with van der Waals surface area (Å²) >= 11 is 3.24. The van der Waals surface area contributed by atoms with E-state index in [0.717, 1.165) is 26.5 Å². The van der Waals surface area contributed by atoms with Crippen LogP contribution in [-0.4, -0.2) is 23.1 Å². The topological polar surface area (TPSA) is 50.2 Å². The molecule has 0 unspecified atom stereocenters. The fraction of sp³-hybridized carbons (Fsp3) is 0.474. The van der Waals surface area contributed by atoms with Crippen molar-refractivity contribution in [3.05, 3.63) is 39.1 Å². The van der Waals surface area contributed by atoms with Crippen LogP contribution >= 0.6 is 22.7 Å². The molecule has 1 aliphatic heterocycles. The standard InChI is InChI=1S/C19H23N3OS2/c1-13(22-9-5-3-2-4-6-10-22)17-20-18(23)16-14(12-25-19(16)21-17)15-8-7-11-24-15/h7-8,11-13H,2-6,9-10H2,1H3,(H,20,21,23)/p+1/t13-/m1/s1. The van der Waals surface area contributed by atoms with Crippen molar-refractivity contribution >= 4 is 32.9 Å². The second kappa shape index (κ2) is 7.40. The highest BCUT2D eigenvalue weighted by atomic mass is 32.1. The van der Waals surface area contributed by atoms with Gasteiger partial charge in [0.2, 0.25) is 0 Å². The molecule has 1 aliphatic rings. The number of aromatic amines is 1. The van der Waals surface area contributed by atoms with Gasteiger partial charge in [-0.1, -0.05) is 12.5 Å². The second-order valence-corrected chi connectivity index (χ2v) is 8.71. The average Bonchev–Trinajstić information content (AvgIpc) is 3.23. The molecule has 0 aromatic carbocycles. The van der Waals surface area contributed by atoms with Crippen LogP contribution < -0.4 is 10.5 Å². The minimum Gasteiger partial charge on any atom is -0.326 e. The Morgan fingerprint density at radius 3 is 2.64 bits per heavy atom. The van der Waals surface area contributed by atoms with Gasteiger partial charge in [-0.05, 0) is 44.1 Å². The zero-order chi connectivity index (χ0) is 17.2. The molecule has 0 spiro atoms. The molecule has 2 N–H and O–H groups in total. The molecule has 0 saturated carbocycles. The number of hydrogen-bond donors (Lipinski definition) is 2. The number of aromatic nitrogens is 2. The highest BCUT2D eigenvalue weighted by Crippen LogP contribution is 2.33. The Hall–Kier alpha value is -1.50. The summed E-state index contributed by atoms with van der Waals surface area (Å²) in [7, 11) is 0. The van der Waals surface area contributed by atoms with Gasteiger partial charge in [-0.3, -0.25) is 4.79 Å². The molecular formula is C19H24N3OS2+. The van der Waals surface area contributed by atoms with Crippen LogP contribution in [-0.2, 0) is 0 Å². The van der Waals surface area contributed by atoms with Crippen molar-refractivity contribution in [3.63, 3.8) is 0 Å².